The van der Waals surface area contributed by atoms with Gasteiger partial charge >= 0.3 is 5.97 Å². The minimum Gasteiger partial charge on any atom is -0.465 e. The SMILES string of the molecule is COC(=O)C1=C[C@@](C)(c2cc(Br)ccc2F)N=C(N)S1. The predicted molar refractivity (Wildman–Crippen MR) is 80.8 cm³/mol. The van der Waals surface area contributed by atoms with Gasteiger partial charge in [0.05, 0.1) is 12.0 Å². The highest BCUT2D eigenvalue weighted by Crippen LogP contribution is 2.38. The Labute approximate surface area is 128 Å². The van der Waals surface area contributed by atoms with E-state index in [-0.39, 0.29) is 5.17 Å². The van der Waals surface area contributed by atoms with Crippen LogP contribution in [0.5, 0.6) is 0 Å². The van der Waals surface area contributed by atoms with E-state index in [0.29, 0.717) is 10.5 Å². The van der Waals surface area contributed by atoms with Gasteiger partial charge in [-0.1, -0.05) is 15.9 Å². The van der Waals surface area contributed by atoms with Gasteiger partial charge in [-0.2, -0.15) is 0 Å². The number of nitrogens with two attached hydrogens (primary N) is 1. The third-order valence-electron chi connectivity index (χ3n) is 2.83. The lowest BCUT2D eigenvalue weighted by atomic mass is 9.91. The number of esters is 1. The van der Waals surface area contributed by atoms with Crippen LogP contribution in [0.15, 0.2) is 38.6 Å². The highest BCUT2D eigenvalue weighted by atomic mass is 79.9. The zero-order chi connectivity index (χ0) is 14.9. The Morgan fingerprint density at radius 3 is 2.90 bits per heavy atom. The highest BCUT2D eigenvalue weighted by molar-refractivity contribution is 9.10. The third kappa shape index (κ3) is 2.88. The summed E-state index contributed by atoms with van der Waals surface area (Å²) in [6.07, 6.45) is 1.56. The fourth-order valence-corrected chi connectivity index (χ4v) is 3.18. The van der Waals surface area contributed by atoms with Gasteiger partial charge in [-0.3, -0.25) is 0 Å². The van der Waals surface area contributed by atoms with Crippen LogP contribution in [0.25, 0.3) is 0 Å². The lowest BCUT2D eigenvalue weighted by Crippen LogP contribution is -2.28. The van der Waals surface area contributed by atoms with Gasteiger partial charge in [0.15, 0.2) is 5.17 Å². The number of ether oxygens (including phenoxy) is 1. The van der Waals surface area contributed by atoms with Crippen LogP contribution >= 0.6 is 27.7 Å². The Bertz CT molecular complexity index is 633. The van der Waals surface area contributed by atoms with E-state index >= 15 is 0 Å². The summed E-state index contributed by atoms with van der Waals surface area (Å²) in [6.45, 7) is 1.69. The molecule has 1 aliphatic heterocycles. The number of amidine groups is 1. The average Bonchev–Trinajstić information content (AvgIpc) is 2.39. The Morgan fingerprint density at radius 2 is 2.25 bits per heavy atom. The molecule has 7 heteroatoms. The molecule has 4 nitrogen and oxygen atoms in total. The number of thioether (sulfide) groups is 1. The van der Waals surface area contributed by atoms with Gasteiger partial charge in [0.1, 0.15) is 11.4 Å². The number of rotatable bonds is 2. The molecule has 0 saturated heterocycles. The van der Waals surface area contributed by atoms with Gasteiger partial charge in [-0.25, -0.2) is 14.2 Å². The highest BCUT2D eigenvalue weighted by Gasteiger charge is 2.33. The second-order valence-electron chi connectivity index (χ2n) is 4.32. The summed E-state index contributed by atoms with van der Waals surface area (Å²) in [7, 11) is 1.28. The van der Waals surface area contributed by atoms with Crippen molar-refractivity contribution in [3.05, 3.63) is 45.0 Å². The molecule has 1 atom stereocenters. The van der Waals surface area contributed by atoms with E-state index in [1.165, 1.54) is 13.2 Å². The molecular weight excluding hydrogens is 347 g/mol. The lowest BCUT2D eigenvalue weighted by Gasteiger charge is -2.27. The van der Waals surface area contributed by atoms with Crippen molar-refractivity contribution in [2.24, 2.45) is 10.7 Å². The molecule has 0 bridgehead atoms. The Kier molecular flexibility index (Phi) is 4.19. The van der Waals surface area contributed by atoms with Gasteiger partial charge in [0, 0.05) is 10.0 Å². The number of carbonyl (C=O) groups is 1. The molecule has 0 saturated carbocycles. The van der Waals surface area contributed by atoms with Crippen molar-refractivity contribution in [3.63, 3.8) is 0 Å². The van der Waals surface area contributed by atoms with Gasteiger partial charge < -0.3 is 10.5 Å². The summed E-state index contributed by atoms with van der Waals surface area (Å²) in [6, 6.07) is 4.55. The summed E-state index contributed by atoms with van der Waals surface area (Å²) in [5.74, 6) is -0.936. The van der Waals surface area contributed by atoms with Crippen molar-refractivity contribution in [3.8, 4) is 0 Å². The smallest absolute Gasteiger partial charge is 0.344 e. The molecule has 0 spiro atoms. The van der Waals surface area contributed by atoms with E-state index in [1.54, 1.807) is 25.1 Å². The number of carbonyl (C=O) groups excluding carboxylic acids is 1. The summed E-state index contributed by atoms with van der Waals surface area (Å²) in [4.78, 5) is 16.2. The molecule has 0 aromatic heterocycles. The number of benzene rings is 1. The molecule has 1 heterocycles. The zero-order valence-corrected chi connectivity index (χ0v) is 13.2. The summed E-state index contributed by atoms with van der Waals surface area (Å²) >= 11 is 4.30. The quantitative estimate of drug-likeness (QED) is 0.825. The van der Waals surface area contributed by atoms with Crippen LogP contribution in [-0.4, -0.2) is 18.2 Å². The molecule has 1 aliphatic rings. The molecule has 0 fully saturated rings. The Balaban J connectivity index is 2.56. The van der Waals surface area contributed by atoms with Crippen molar-refractivity contribution < 1.29 is 13.9 Å². The number of nitrogens with zero attached hydrogens (tertiary/aromatic N) is 1. The van der Waals surface area contributed by atoms with Crippen LogP contribution in [0.1, 0.15) is 12.5 Å². The van der Waals surface area contributed by atoms with E-state index in [0.717, 1.165) is 16.2 Å². The first kappa shape index (κ1) is 15.1. The number of hydrogen-bond acceptors (Lipinski definition) is 5. The maximum atomic E-state index is 14.1. The minimum absolute atomic E-state index is 0.190. The first-order valence-electron chi connectivity index (χ1n) is 5.65. The van der Waals surface area contributed by atoms with Crippen LogP contribution in [0, 0.1) is 5.82 Å². The van der Waals surface area contributed by atoms with Crippen LogP contribution in [-0.2, 0) is 15.1 Å². The van der Waals surface area contributed by atoms with Gasteiger partial charge in [-0.05, 0) is 43.0 Å². The second-order valence-corrected chi connectivity index (χ2v) is 6.30. The van der Waals surface area contributed by atoms with Crippen LogP contribution in [0.4, 0.5) is 4.39 Å². The summed E-state index contributed by atoms with van der Waals surface area (Å²) < 4.78 is 19.5. The number of halogens is 2. The fourth-order valence-electron chi connectivity index (χ4n) is 1.91. The van der Waals surface area contributed by atoms with Crippen molar-refractivity contribution in [2.75, 3.05) is 7.11 Å². The summed E-state index contributed by atoms with van der Waals surface area (Å²) in [5, 5.41) is 0.190. The maximum absolute atomic E-state index is 14.1. The lowest BCUT2D eigenvalue weighted by molar-refractivity contribution is -0.135. The first-order valence-corrected chi connectivity index (χ1v) is 7.26. The Hall–Kier alpha value is -1.34. The molecular formula is C13H12BrFN2O2S. The second kappa shape index (κ2) is 5.57. The van der Waals surface area contributed by atoms with E-state index in [4.69, 9.17) is 5.73 Å². The van der Waals surface area contributed by atoms with E-state index in [1.807, 2.05) is 0 Å². The van der Waals surface area contributed by atoms with Crippen LogP contribution in [0.3, 0.4) is 0 Å². The van der Waals surface area contributed by atoms with Crippen molar-refractivity contribution >= 4 is 38.8 Å². The molecule has 20 heavy (non-hydrogen) atoms. The predicted octanol–water partition coefficient (Wildman–Crippen LogP) is 2.92. The number of aliphatic imine (C=N–C) groups is 1. The van der Waals surface area contributed by atoms with E-state index < -0.39 is 17.3 Å². The molecule has 2 rings (SSSR count). The Morgan fingerprint density at radius 1 is 1.55 bits per heavy atom. The van der Waals surface area contributed by atoms with Gasteiger partial charge in [0.25, 0.3) is 0 Å². The topological polar surface area (TPSA) is 64.7 Å². The van der Waals surface area contributed by atoms with Crippen LogP contribution < -0.4 is 5.73 Å². The van der Waals surface area contributed by atoms with E-state index in [2.05, 4.69) is 25.7 Å². The third-order valence-corrected chi connectivity index (χ3v) is 4.13. The zero-order valence-electron chi connectivity index (χ0n) is 10.8. The molecule has 0 aliphatic carbocycles. The average molecular weight is 359 g/mol. The largest absolute Gasteiger partial charge is 0.465 e. The maximum Gasteiger partial charge on any atom is 0.344 e. The van der Waals surface area contributed by atoms with Crippen LogP contribution in [0.2, 0.25) is 0 Å². The standard InChI is InChI=1S/C13H12BrFN2O2S/c1-13(8-5-7(14)3-4-9(8)15)6-10(11(18)19-2)20-12(16)17-13/h3-6H,1-2H3,(H2,16,17)/t13-/m0/s1. The van der Waals surface area contributed by atoms with Crippen molar-refractivity contribution in [2.45, 2.75) is 12.5 Å². The fraction of sp³-hybridized carbons (Fsp3) is 0.231. The number of methoxy groups -OCH3 is 1. The van der Waals surface area contributed by atoms with Gasteiger partial charge in [-0.15, -0.1) is 0 Å². The van der Waals surface area contributed by atoms with Gasteiger partial charge in [0.2, 0.25) is 0 Å². The molecule has 106 valence electrons. The van der Waals surface area contributed by atoms with Crippen molar-refractivity contribution in [1.29, 1.82) is 0 Å². The van der Waals surface area contributed by atoms with Crippen molar-refractivity contribution in [1.82, 2.24) is 0 Å². The minimum atomic E-state index is -1.05. The molecule has 1 aromatic carbocycles. The molecule has 0 amide bonds. The normalized spacial score (nSPS) is 22.0. The monoisotopic (exact) mass is 358 g/mol. The first-order chi connectivity index (χ1) is 9.35. The summed E-state index contributed by atoms with van der Waals surface area (Å²) in [5.41, 5.74) is 5.03. The molecule has 0 radical (unpaired) electrons. The molecule has 0 unspecified atom stereocenters. The molecule has 2 N–H and O–H groups in total. The van der Waals surface area contributed by atoms with E-state index in [9.17, 15) is 9.18 Å². The molecule has 1 aromatic rings. The number of hydrogen-bond donors (Lipinski definition) is 1.